The van der Waals surface area contributed by atoms with E-state index in [1.807, 2.05) is 24.3 Å². The molecular formula is C17H21N3O4. The summed E-state index contributed by atoms with van der Waals surface area (Å²) in [6.07, 6.45) is 3.73. The normalized spacial score (nSPS) is 10.5. The van der Waals surface area contributed by atoms with Crippen molar-refractivity contribution < 1.29 is 19.4 Å². The molecule has 0 saturated heterocycles. The molecule has 0 radical (unpaired) electrons. The molecule has 128 valence electrons. The number of aromatic nitrogens is 2. The first kappa shape index (κ1) is 17.7. The molecule has 1 amide bonds. The Balaban J connectivity index is 1.90. The van der Waals surface area contributed by atoms with Crippen LogP contribution in [0.5, 0.6) is 0 Å². The lowest BCUT2D eigenvalue weighted by atomic mass is 10.2. The number of aromatic carboxylic acids is 1. The molecule has 1 aromatic carbocycles. The number of carbonyl (C=O) groups excluding carboxylic acids is 1. The fourth-order valence-corrected chi connectivity index (χ4v) is 2.21. The van der Waals surface area contributed by atoms with Gasteiger partial charge in [-0.25, -0.2) is 9.48 Å². The predicted molar refractivity (Wildman–Crippen MR) is 88.1 cm³/mol. The molecule has 0 aliphatic rings. The third-order valence-corrected chi connectivity index (χ3v) is 3.48. The van der Waals surface area contributed by atoms with Crippen molar-refractivity contribution in [1.29, 1.82) is 0 Å². The van der Waals surface area contributed by atoms with Gasteiger partial charge in [0.1, 0.15) is 0 Å². The number of carboxylic acids is 1. The maximum Gasteiger partial charge on any atom is 0.356 e. The SMILES string of the molecule is COCCCCC(=O)NCc1cccc(-n2ccc(C(=O)O)n2)c1. The first-order valence-electron chi connectivity index (χ1n) is 7.74. The van der Waals surface area contributed by atoms with Gasteiger partial charge in [0.05, 0.1) is 5.69 Å². The minimum Gasteiger partial charge on any atom is -0.476 e. The monoisotopic (exact) mass is 331 g/mol. The van der Waals surface area contributed by atoms with Crippen LogP contribution >= 0.6 is 0 Å². The maximum absolute atomic E-state index is 11.8. The highest BCUT2D eigenvalue weighted by Crippen LogP contribution is 2.11. The molecule has 0 bridgehead atoms. The molecule has 0 spiro atoms. The second-order valence-corrected chi connectivity index (χ2v) is 5.35. The van der Waals surface area contributed by atoms with Gasteiger partial charge in [-0.3, -0.25) is 4.79 Å². The van der Waals surface area contributed by atoms with E-state index in [4.69, 9.17) is 9.84 Å². The molecule has 1 aromatic heterocycles. The van der Waals surface area contributed by atoms with Crippen LogP contribution in [-0.2, 0) is 16.1 Å². The summed E-state index contributed by atoms with van der Waals surface area (Å²) in [5, 5.41) is 15.8. The minimum atomic E-state index is -1.06. The molecular weight excluding hydrogens is 310 g/mol. The number of amides is 1. The zero-order valence-corrected chi connectivity index (χ0v) is 13.6. The number of benzene rings is 1. The number of hydrogen-bond donors (Lipinski definition) is 2. The Morgan fingerprint density at radius 3 is 2.83 bits per heavy atom. The van der Waals surface area contributed by atoms with Crippen LogP contribution in [0.1, 0.15) is 35.3 Å². The lowest BCUT2D eigenvalue weighted by Gasteiger charge is -2.07. The molecule has 7 nitrogen and oxygen atoms in total. The predicted octanol–water partition coefficient (Wildman–Crippen LogP) is 2.00. The van der Waals surface area contributed by atoms with Crippen LogP contribution in [0.3, 0.4) is 0 Å². The molecule has 0 saturated carbocycles. The van der Waals surface area contributed by atoms with Gasteiger partial charge in [-0.1, -0.05) is 12.1 Å². The molecule has 2 aromatic rings. The molecule has 0 aliphatic heterocycles. The van der Waals surface area contributed by atoms with Crippen LogP contribution in [-0.4, -0.2) is 40.5 Å². The fraction of sp³-hybridized carbons (Fsp3) is 0.353. The van der Waals surface area contributed by atoms with Crippen LogP contribution in [0.2, 0.25) is 0 Å². The lowest BCUT2D eigenvalue weighted by Crippen LogP contribution is -2.22. The third-order valence-electron chi connectivity index (χ3n) is 3.48. The highest BCUT2D eigenvalue weighted by atomic mass is 16.5. The van der Waals surface area contributed by atoms with Crippen LogP contribution < -0.4 is 5.32 Å². The molecule has 2 rings (SSSR count). The second-order valence-electron chi connectivity index (χ2n) is 5.35. The van der Waals surface area contributed by atoms with E-state index in [9.17, 15) is 9.59 Å². The van der Waals surface area contributed by atoms with E-state index < -0.39 is 5.97 Å². The molecule has 0 fully saturated rings. The Morgan fingerprint density at radius 2 is 2.12 bits per heavy atom. The van der Waals surface area contributed by atoms with E-state index in [1.165, 1.54) is 10.7 Å². The maximum atomic E-state index is 11.8. The average Bonchev–Trinajstić information content (AvgIpc) is 3.08. The molecule has 0 unspecified atom stereocenters. The van der Waals surface area contributed by atoms with Crippen molar-refractivity contribution in [2.75, 3.05) is 13.7 Å². The summed E-state index contributed by atoms with van der Waals surface area (Å²) in [5.41, 5.74) is 1.66. The van der Waals surface area contributed by atoms with Gasteiger partial charge in [-0.15, -0.1) is 0 Å². The summed E-state index contributed by atoms with van der Waals surface area (Å²) in [6, 6.07) is 8.88. The summed E-state index contributed by atoms with van der Waals surface area (Å²) < 4.78 is 6.45. The Labute approximate surface area is 140 Å². The zero-order valence-electron chi connectivity index (χ0n) is 13.6. The van der Waals surface area contributed by atoms with E-state index in [0.29, 0.717) is 19.6 Å². The smallest absolute Gasteiger partial charge is 0.356 e. The van der Waals surface area contributed by atoms with Gasteiger partial charge in [-0.2, -0.15) is 5.10 Å². The largest absolute Gasteiger partial charge is 0.476 e. The van der Waals surface area contributed by atoms with E-state index in [0.717, 1.165) is 24.1 Å². The highest BCUT2D eigenvalue weighted by Gasteiger charge is 2.08. The average molecular weight is 331 g/mol. The van der Waals surface area contributed by atoms with Crippen LogP contribution in [0, 0.1) is 0 Å². The number of carboxylic acid groups (broad SMARTS) is 1. The fourth-order valence-electron chi connectivity index (χ4n) is 2.21. The number of carbonyl (C=O) groups is 2. The molecule has 0 atom stereocenters. The van der Waals surface area contributed by atoms with Crippen molar-refractivity contribution in [3.63, 3.8) is 0 Å². The lowest BCUT2D eigenvalue weighted by molar-refractivity contribution is -0.121. The zero-order chi connectivity index (χ0) is 17.4. The summed E-state index contributed by atoms with van der Waals surface area (Å²) in [4.78, 5) is 22.7. The van der Waals surface area contributed by atoms with E-state index in [-0.39, 0.29) is 11.6 Å². The van der Waals surface area contributed by atoms with Gasteiger partial charge in [0.15, 0.2) is 5.69 Å². The molecule has 2 N–H and O–H groups in total. The van der Waals surface area contributed by atoms with Gasteiger partial charge in [0.2, 0.25) is 5.91 Å². The summed E-state index contributed by atoms with van der Waals surface area (Å²) in [5.74, 6) is -1.06. The first-order valence-corrected chi connectivity index (χ1v) is 7.74. The van der Waals surface area contributed by atoms with E-state index in [2.05, 4.69) is 10.4 Å². The minimum absolute atomic E-state index is 0.00348. The van der Waals surface area contributed by atoms with Gasteiger partial charge < -0.3 is 15.2 Å². The first-order chi connectivity index (χ1) is 11.6. The Bertz CT molecular complexity index is 697. The summed E-state index contributed by atoms with van der Waals surface area (Å²) >= 11 is 0. The van der Waals surface area contributed by atoms with Gasteiger partial charge in [0.25, 0.3) is 0 Å². The van der Waals surface area contributed by atoms with E-state index >= 15 is 0 Å². The molecule has 1 heterocycles. The van der Waals surface area contributed by atoms with Crippen molar-refractivity contribution in [3.8, 4) is 5.69 Å². The number of hydrogen-bond acceptors (Lipinski definition) is 4. The molecule has 7 heteroatoms. The third kappa shape index (κ3) is 5.20. The Hall–Kier alpha value is -2.67. The van der Waals surface area contributed by atoms with Crippen LogP contribution in [0.4, 0.5) is 0 Å². The van der Waals surface area contributed by atoms with Gasteiger partial charge in [0, 0.05) is 32.9 Å². The van der Waals surface area contributed by atoms with Crippen molar-refractivity contribution in [1.82, 2.24) is 15.1 Å². The highest BCUT2D eigenvalue weighted by molar-refractivity contribution is 5.85. The number of rotatable bonds is 9. The van der Waals surface area contributed by atoms with Crippen LogP contribution in [0.25, 0.3) is 5.69 Å². The molecule has 0 aliphatic carbocycles. The number of nitrogens with zero attached hydrogens (tertiary/aromatic N) is 2. The topological polar surface area (TPSA) is 93.5 Å². The van der Waals surface area contributed by atoms with E-state index in [1.54, 1.807) is 13.3 Å². The van der Waals surface area contributed by atoms with Gasteiger partial charge >= 0.3 is 5.97 Å². The van der Waals surface area contributed by atoms with Crippen molar-refractivity contribution in [2.24, 2.45) is 0 Å². The number of unbranched alkanes of at least 4 members (excludes halogenated alkanes) is 1. The van der Waals surface area contributed by atoms with Gasteiger partial charge in [-0.05, 0) is 36.6 Å². The summed E-state index contributed by atoms with van der Waals surface area (Å²) in [6.45, 7) is 1.08. The number of nitrogens with one attached hydrogen (secondary N) is 1. The van der Waals surface area contributed by atoms with Crippen LogP contribution in [0.15, 0.2) is 36.5 Å². The van der Waals surface area contributed by atoms with Crippen molar-refractivity contribution in [2.45, 2.75) is 25.8 Å². The summed E-state index contributed by atoms with van der Waals surface area (Å²) in [7, 11) is 1.64. The van der Waals surface area contributed by atoms with Crippen molar-refractivity contribution in [3.05, 3.63) is 47.8 Å². The standard InChI is InChI=1S/C17H21N3O4/c1-24-10-3-2-7-16(21)18-12-13-5-4-6-14(11-13)20-9-8-15(19-20)17(22)23/h4-6,8-9,11H,2-3,7,10,12H2,1H3,(H,18,21)(H,22,23). The number of methoxy groups -OCH3 is 1. The van der Waals surface area contributed by atoms with Crippen molar-refractivity contribution >= 4 is 11.9 Å². The quantitative estimate of drug-likeness (QED) is 0.686. The second kappa shape index (κ2) is 8.83. The molecule has 24 heavy (non-hydrogen) atoms. The Kier molecular flexibility index (Phi) is 6.51. The Morgan fingerprint density at radius 1 is 1.29 bits per heavy atom. The number of ether oxygens (including phenoxy) is 1.